The van der Waals surface area contributed by atoms with Crippen LogP contribution >= 0.6 is 0 Å². The summed E-state index contributed by atoms with van der Waals surface area (Å²) in [5, 5.41) is 81.2. The highest BCUT2D eigenvalue weighted by Gasteiger charge is 2.61. The lowest BCUT2D eigenvalue weighted by atomic mass is 9.99. The maximum atomic E-state index is 12.9. The van der Waals surface area contributed by atoms with Gasteiger partial charge in [0.2, 0.25) is 5.79 Å². The largest absolute Gasteiger partial charge is 0.508 e. The van der Waals surface area contributed by atoms with E-state index in [1.54, 1.807) is 12.1 Å². The van der Waals surface area contributed by atoms with Crippen molar-refractivity contribution in [2.24, 2.45) is 0 Å². The van der Waals surface area contributed by atoms with Gasteiger partial charge in [-0.1, -0.05) is 18.2 Å². The molecule has 2 fully saturated rings. The molecule has 2 aromatic carbocycles. The van der Waals surface area contributed by atoms with E-state index in [9.17, 15) is 50.4 Å². The van der Waals surface area contributed by atoms with E-state index in [0.29, 0.717) is 11.1 Å². The normalized spacial score (nSPS) is 30.9. The van der Waals surface area contributed by atoms with Crippen molar-refractivity contribution >= 4 is 24.1 Å². The Labute approximate surface area is 267 Å². The number of aliphatic hydroxyl groups excluding tert-OH is 6. The average Bonchev–Trinajstić information content (AvgIpc) is 3.32. The van der Waals surface area contributed by atoms with Gasteiger partial charge in [-0.05, 0) is 47.5 Å². The molecule has 0 aliphatic carbocycles. The number of esters is 2. The molecule has 0 aromatic heterocycles. The Hall–Kier alpha value is -4.10. The Bertz CT molecular complexity index is 1430. The number of aromatic hydroxyl groups is 2. The lowest BCUT2D eigenvalue weighted by Gasteiger charge is -2.43. The molecule has 0 amide bonds. The molecule has 256 valence electrons. The molecule has 9 atom stereocenters. The molecule has 47 heavy (non-hydrogen) atoms. The fraction of sp³-hybridized carbons (Fsp3) is 0.419. The summed E-state index contributed by atoms with van der Waals surface area (Å²) in [5.41, 5.74) is 0.978. The zero-order valence-electron chi connectivity index (χ0n) is 24.9. The number of benzene rings is 2. The van der Waals surface area contributed by atoms with E-state index in [0.717, 1.165) is 12.2 Å². The van der Waals surface area contributed by atoms with E-state index in [-0.39, 0.29) is 17.2 Å². The van der Waals surface area contributed by atoms with Gasteiger partial charge in [-0.15, -0.1) is 0 Å². The van der Waals surface area contributed by atoms with E-state index < -0.39 is 86.6 Å². The number of methoxy groups -OCH3 is 1. The Morgan fingerprint density at radius 2 is 1.51 bits per heavy atom. The van der Waals surface area contributed by atoms with Crippen LogP contribution in [0.2, 0.25) is 0 Å². The van der Waals surface area contributed by atoms with E-state index in [1.807, 2.05) is 0 Å². The highest BCUT2D eigenvalue weighted by atomic mass is 16.8. The zero-order valence-corrected chi connectivity index (χ0v) is 24.9. The van der Waals surface area contributed by atoms with Crippen LogP contribution < -0.4 is 4.74 Å². The van der Waals surface area contributed by atoms with Crippen LogP contribution in [-0.4, -0.2) is 135 Å². The monoisotopic (exact) mass is 664 g/mol. The molecule has 0 saturated carbocycles. The standard InChI is InChI=1S/C31H36O16/c1-42-20-12-17(4-9-19(20)35)6-11-24(37)45-29-26(39)22(14-43-23(36)10-5-16-2-7-18(34)8-3-16)46-31(29,15-33)47-30-28(41)27(40)25(38)21(13-32)44-30/h2-12,21-22,25-30,32-35,38-41H,13-15H2,1H3/b10-5+,11-6+/t21-,22-,25-,26-,27+,28-,29+,30-,31+/m1/s1. The summed E-state index contributed by atoms with van der Waals surface area (Å²) in [6, 6.07) is 10.1. The van der Waals surface area contributed by atoms with Gasteiger partial charge in [-0.3, -0.25) is 0 Å². The number of hydrogen-bond donors (Lipinski definition) is 8. The van der Waals surface area contributed by atoms with Gasteiger partial charge in [0.25, 0.3) is 0 Å². The molecule has 2 aliphatic heterocycles. The second kappa shape index (κ2) is 15.7. The Kier molecular flexibility index (Phi) is 11.9. The number of hydrogen-bond acceptors (Lipinski definition) is 16. The molecule has 0 bridgehead atoms. The van der Waals surface area contributed by atoms with E-state index in [2.05, 4.69) is 0 Å². The second-order valence-electron chi connectivity index (χ2n) is 10.6. The topological polar surface area (TPSA) is 251 Å². The number of aliphatic hydroxyl groups is 6. The molecule has 8 N–H and O–H groups in total. The predicted molar refractivity (Wildman–Crippen MR) is 157 cm³/mol. The van der Waals surface area contributed by atoms with Crippen LogP contribution in [0, 0.1) is 0 Å². The maximum Gasteiger partial charge on any atom is 0.331 e. The predicted octanol–water partition coefficient (Wildman–Crippen LogP) is -1.45. The van der Waals surface area contributed by atoms with E-state index >= 15 is 0 Å². The van der Waals surface area contributed by atoms with Crippen molar-refractivity contribution < 1.29 is 78.9 Å². The number of phenols is 2. The average molecular weight is 665 g/mol. The van der Waals surface area contributed by atoms with Gasteiger partial charge in [0.15, 0.2) is 23.9 Å². The molecule has 0 unspecified atom stereocenters. The first-order chi connectivity index (χ1) is 22.4. The third-order valence-corrected chi connectivity index (χ3v) is 7.41. The Morgan fingerprint density at radius 3 is 2.17 bits per heavy atom. The van der Waals surface area contributed by atoms with Crippen LogP contribution in [0.4, 0.5) is 0 Å². The molecule has 16 nitrogen and oxygen atoms in total. The number of rotatable bonds is 12. The van der Waals surface area contributed by atoms with Gasteiger partial charge in [0.1, 0.15) is 55.6 Å². The molecule has 2 heterocycles. The van der Waals surface area contributed by atoms with Gasteiger partial charge in [0.05, 0.1) is 13.7 Å². The summed E-state index contributed by atoms with van der Waals surface area (Å²) >= 11 is 0. The van der Waals surface area contributed by atoms with Crippen LogP contribution in [0.15, 0.2) is 54.6 Å². The summed E-state index contributed by atoms with van der Waals surface area (Å²) < 4.78 is 32.4. The first-order valence-electron chi connectivity index (χ1n) is 14.3. The lowest BCUT2D eigenvalue weighted by molar-refractivity contribution is -0.383. The number of carbonyl (C=O) groups is 2. The van der Waals surface area contributed by atoms with Gasteiger partial charge in [-0.25, -0.2) is 9.59 Å². The van der Waals surface area contributed by atoms with Crippen molar-refractivity contribution in [3.8, 4) is 17.2 Å². The Morgan fingerprint density at radius 1 is 0.851 bits per heavy atom. The number of ether oxygens (including phenoxy) is 6. The molecule has 0 spiro atoms. The van der Waals surface area contributed by atoms with Gasteiger partial charge in [-0.2, -0.15) is 0 Å². The van der Waals surface area contributed by atoms with Crippen molar-refractivity contribution in [3.05, 3.63) is 65.7 Å². The van der Waals surface area contributed by atoms with Gasteiger partial charge < -0.3 is 69.3 Å². The van der Waals surface area contributed by atoms with Crippen LogP contribution in [-0.2, 0) is 33.3 Å². The molecule has 0 radical (unpaired) electrons. The number of phenolic OH excluding ortho intramolecular Hbond substituents is 2. The van der Waals surface area contributed by atoms with Crippen molar-refractivity contribution in [2.75, 3.05) is 26.9 Å². The molecular formula is C31H36O16. The molecule has 2 aromatic rings. The fourth-order valence-corrected chi connectivity index (χ4v) is 4.85. The highest BCUT2D eigenvalue weighted by molar-refractivity contribution is 5.88. The molecule has 16 heteroatoms. The van der Waals surface area contributed by atoms with Crippen LogP contribution in [0.3, 0.4) is 0 Å². The quantitative estimate of drug-likeness (QED) is 0.0955. The first kappa shape index (κ1) is 35.7. The van der Waals surface area contributed by atoms with Crippen LogP contribution in [0.25, 0.3) is 12.2 Å². The third-order valence-electron chi connectivity index (χ3n) is 7.41. The van der Waals surface area contributed by atoms with Gasteiger partial charge in [0, 0.05) is 12.2 Å². The minimum Gasteiger partial charge on any atom is -0.508 e. The lowest BCUT2D eigenvalue weighted by Crippen LogP contribution is -2.63. The SMILES string of the molecule is COc1cc(/C=C/C(=O)O[C@H]2[C@H](O)[C@@H](COC(=O)/C=C/c3ccc(O)cc3)O[C@@]2(CO)O[C@H]2O[C@H](CO)[C@@H](O)[C@H](O)[C@H]2O)ccc1O. The maximum absolute atomic E-state index is 12.9. The van der Waals surface area contributed by atoms with Crippen LogP contribution in [0.5, 0.6) is 17.2 Å². The Balaban J connectivity index is 1.54. The summed E-state index contributed by atoms with van der Waals surface area (Å²) in [5.74, 6) is -4.42. The molecular weight excluding hydrogens is 628 g/mol. The van der Waals surface area contributed by atoms with Crippen molar-refractivity contribution in [3.63, 3.8) is 0 Å². The third kappa shape index (κ3) is 8.44. The number of carbonyl (C=O) groups excluding carboxylic acids is 2. The molecule has 2 aliphatic rings. The minimum atomic E-state index is -2.49. The van der Waals surface area contributed by atoms with E-state index in [4.69, 9.17) is 28.4 Å². The minimum absolute atomic E-state index is 0.0294. The van der Waals surface area contributed by atoms with Crippen molar-refractivity contribution in [2.45, 2.75) is 54.8 Å². The smallest absolute Gasteiger partial charge is 0.331 e. The van der Waals surface area contributed by atoms with Crippen molar-refractivity contribution in [1.82, 2.24) is 0 Å². The summed E-state index contributed by atoms with van der Waals surface area (Å²) in [4.78, 5) is 25.3. The summed E-state index contributed by atoms with van der Waals surface area (Å²) in [7, 11) is 1.34. The van der Waals surface area contributed by atoms with Crippen molar-refractivity contribution in [1.29, 1.82) is 0 Å². The highest BCUT2D eigenvalue weighted by Crippen LogP contribution is 2.38. The summed E-state index contributed by atoms with van der Waals surface area (Å²) in [6.45, 7) is -2.58. The molecule has 4 rings (SSSR count). The van der Waals surface area contributed by atoms with E-state index in [1.165, 1.54) is 49.6 Å². The first-order valence-corrected chi connectivity index (χ1v) is 14.3. The van der Waals surface area contributed by atoms with Crippen LogP contribution in [0.1, 0.15) is 11.1 Å². The summed E-state index contributed by atoms with van der Waals surface area (Å²) in [6.07, 6.45) is -9.32. The fourth-order valence-electron chi connectivity index (χ4n) is 4.85. The van der Waals surface area contributed by atoms with Gasteiger partial charge >= 0.3 is 11.9 Å². The zero-order chi connectivity index (χ0) is 34.3. The molecule has 2 saturated heterocycles. The second-order valence-corrected chi connectivity index (χ2v) is 10.6.